The van der Waals surface area contributed by atoms with Crippen LogP contribution in [0.2, 0.25) is 0 Å². The van der Waals surface area contributed by atoms with Crippen molar-refractivity contribution in [3.05, 3.63) is 76.6 Å². The second-order valence-corrected chi connectivity index (χ2v) is 9.19. The largest absolute Gasteiger partial charge is 0.497 e. The van der Waals surface area contributed by atoms with Crippen LogP contribution >= 0.6 is 0 Å². The van der Waals surface area contributed by atoms with Crippen molar-refractivity contribution in [2.24, 2.45) is 0 Å². The van der Waals surface area contributed by atoms with Gasteiger partial charge in [0, 0.05) is 69.7 Å². The molecule has 0 atom stereocenters. The highest BCUT2D eigenvalue weighted by Gasteiger charge is 2.23. The van der Waals surface area contributed by atoms with Gasteiger partial charge in [-0.1, -0.05) is 18.2 Å². The summed E-state index contributed by atoms with van der Waals surface area (Å²) < 4.78 is 5.28. The topological polar surface area (TPSA) is 44.7 Å². The molecule has 6 nitrogen and oxygen atoms in total. The number of hydrogen-bond donors (Lipinski definition) is 0. The number of aryl methyl sites for hydroxylation is 2. The Morgan fingerprint density at radius 2 is 1.64 bits per heavy atom. The lowest BCUT2D eigenvalue weighted by Gasteiger charge is -2.36. The highest BCUT2D eigenvalue weighted by Crippen LogP contribution is 2.24. The maximum Gasteiger partial charge on any atom is 0.225 e. The third kappa shape index (κ3) is 4.81. The minimum absolute atomic E-state index is 0.880. The Morgan fingerprint density at radius 3 is 2.36 bits per heavy atom. The molecule has 0 aliphatic carbocycles. The van der Waals surface area contributed by atoms with E-state index in [0.29, 0.717) is 0 Å². The van der Waals surface area contributed by atoms with Crippen LogP contribution in [0.3, 0.4) is 0 Å². The summed E-state index contributed by atoms with van der Waals surface area (Å²) in [5, 5.41) is 0. The van der Waals surface area contributed by atoms with Crippen molar-refractivity contribution in [3.8, 4) is 5.75 Å². The van der Waals surface area contributed by atoms with Gasteiger partial charge in [-0.25, -0.2) is 9.97 Å². The molecule has 33 heavy (non-hydrogen) atoms. The highest BCUT2D eigenvalue weighted by molar-refractivity contribution is 5.51. The number of methoxy groups -OCH3 is 1. The van der Waals surface area contributed by atoms with Crippen molar-refractivity contribution in [2.75, 3.05) is 49.6 Å². The molecule has 0 amide bonds. The van der Waals surface area contributed by atoms with Gasteiger partial charge >= 0.3 is 0 Å². The van der Waals surface area contributed by atoms with Gasteiger partial charge in [-0.3, -0.25) is 4.90 Å². The standard InChI is InChI=1S/C27H33N5O/c1-20-4-5-22(16-21(20)2)18-30-11-10-26-23(19-30)17-28-27(29-26)32-14-12-31(13-15-32)24-6-8-25(33-3)9-7-24/h4-9,16-17H,10-15,18-19H2,1-3H3. The van der Waals surface area contributed by atoms with Crippen LogP contribution in [-0.4, -0.2) is 54.7 Å². The van der Waals surface area contributed by atoms with Crippen LogP contribution in [0, 0.1) is 13.8 Å². The maximum absolute atomic E-state index is 5.28. The van der Waals surface area contributed by atoms with Crippen molar-refractivity contribution >= 4 is 11.6 Å². The van der Waals surface area contributed by atoms with Crippen LogP contribution < -0.4 is 14.5 Å². The molecule has 2 aliphatic heterocycles. The zero-order valence-corrected chi connectivity index (χ0v) is 19.9. The van der Waals surface area contributed by atoms with E-state index < -0.39 is 0 Å². The summed E-state index contributed by atoms with van der Waals surface area (Å²) in [6.45, 7) is 11.1. The Balaban J connectivity index is 1.19. The van der Waals surface area contributed by atoms with Crippen molar-refractivity contribution in [1.82, 2.24) is 14.9 Å². The van der Waals surface area contributed by atoms with Crippen LogP contribution in [0.4, 0.5) is 11.6 Å². The van der Waals surface area contributed by atoms with Crippen molar-refractivity contribution in [2.45, 2.75) is 33.4 Å². The lowest BCUT2D eigenvalue weighted by atomic mass is 10.0. The second kappa shape index (κ2) is 9.40. The molecule has 172 valence electrons. The molecule has 2 aliphatic rings. The van der Waals surface area contributed by atoms with Gasteiger partial charge in [0.15, 0.2) is 0 Å². The zero-order valence-electron chi connectivity index (χ0n) is 19.9. The smallest absolute Gasteiger partial charge is 0.225 e. The lowest BCUT2D eigenvalue weighted by Crippen LogP contribution is -2.47. The molecule has 6 heteroatoms. The van der Waals surface area contributed by atoms with Crippen LogP contribution in [0.1, 0.15) is 27.9 Å². The monoisotopic (exact) mass is 443 g/mol. The first kappa shape index (κ1) is 21.7. The summed E-state index contributed by atoms with van der Waals surface area (Å²) in [7, 11) is 1.70. The lowest BCUT2D eigenvalue weighted by molar-refractivity contribution is 0.243. The van der Waals surface area contributed by atoms with Gasteiger partial charge in [0.1, 0.15) is 5.75 Å². The molecular formula is C27H33N5O. The van der Waals surface area contributed by atoms with E-state index in [1.807, 2.05) is 12.1 Å². The van der Waals surface area contributed by atoms with E-state index in [-0.39, 0.29) is 0 Å². The van der Waals surface area contributed by atoms with Crippen LogP contribution in [-0.2, 0) is 19.5 Å². The Kier molecular flexibility index (Phi) is 6.18. The molecule has 1 aromatic heterocycles. The Bertz CT molecular complexity index is 1110. The van der Waals surface area contributed by atoms with E-state index in [4.69, 9.17) is 14.7 Å². The summed E-state index contributed by atoms with van der Waals surface area (Å²) >= 11 is 0. The number of piperazine rings is 1. The van der Waals surface area contributed by atoms with Gasteiger partial charge in [-0.05, 0) is 54.8 Å². The van der Waals surface area contributed by atoms with Gasteiger partial charge in [-0.2, -0.15) is 0 Å². The third-order valence-corrected chi connectivity index (χ3v) is 6.98. The summed E-state index contributed by atoms with van der Waals surface area (Å²) in [5.74, 6) is 1.78. The fourth-order valence-electron chi connectivity index (χ4n) is 4.77. The molecule has 5 rings (SSSR count). The van der Waals surface area contributed by atoms with Crippen LogP contribution in [0.15, 0.2) is 48.7 Å². The average Bonchev–Trinajstić information content (AvgIpc) is 2.86. The predicted molar refractivity (Wildman–Crippen MR) is 133 cm³/mol. The Morgan fingerprint density at radius 1 is 0.879 bits per heavy atom. The molecule has 0 spiro atoms. The first-order valence-electron chi connectivity index (χ1n) is 11.9. The van der Waals surface area contributed by atoms with Crippen LogP contribution in [0.5, 0.6) is 5.75 Å². The highest BCUT2D eigenvalue weighted by atomic mass is 16.5. The SMILES string of the molecule is COc1ccc(N2CCN(c3ncc4c(n3)CCN(Cc3ccc(C)c(C)c3)C4)CC2)cc1. The Hall–Kier alpha value is -3.12. The van der Waals surface area contributed by atoms with Gasteiger partial charge in [0.05, 0.1) is 12.8 Å². The molecule has 3 heterocycles. The fraction of sp³-hybridized carbons (Fsp3) is 0.407. The molecule has 0 radical (unpaired) electrons. The molecule has 0 saturated carbocycles. The molecule has 0 unspecified atom stereocenters. The number of hydrogen-bond acceptors (Lipinski definition) is 6. The van der Waals surface area contributed by atoms with Gasteiger partial charge in [0.2, 0.25) is 5.95 Å². The number of fused-ring (bicyclic) bond motifs is 1. The quantitative estimate of drug-likeness (QED) is 0.594. The first-order chi connectivity index (χ1) is 16.1. The van der Waals surface area contributed by atoms with E-state index >= 15 is 0 Å². The fourth-order valence-corrected chi connectivity index (χ4v) is 4.77. The number of benzene rings is 2. The summed E-state index contributed by atoms with van der Waals surface area (Å²) in [5.41, 5.74) is 7.83. The van der Waals surface area contributed by atoms with Crippen LogP contribution in [0.25, 0.3) is 0 Å². The van der Waals surface area contributed by atoms with Crippen molar-refractivity contribution in [1.29, 1.82) is 0 Å². The summed E-state index contributed by atoms with van der Waals surface area (Å²) in [6.07, 6.45) is 3.04. The summed E-state index contributed by atoms with van der Waals surface area (Å²) in [4.78, 5) is 17.0. The van der Waals surface area contributed by atoms with Gasteiger partial charge < -0.3 is 14.5 Å². The average molecular weight is 444 g/mol. The number of rotatable bonds is 5. The van der Waals surface area contributed by atoms with Gasteiger partial charge in [0.25, 0.3) is 0 Å². The minimum atomic E-state index is 0.880. The minimum Gasteiger partial charge on any atom is -0.497 e. The van der Waals surface area contributed by atoms with Crippen molar-refractivity contribution in [3.63, 3.8) is 0 Å². The number of nitrogens with zero attached hydrogens (tertiary/aromatic N) is 5. The molecule has 1 fully saturated rings. The van der Waals surface area contributed by atoms with Crippen molar-refractivity contribution < 1.29 is 4.74 Å². The van der Waals surface area contributed by atoms with E-state index in [1.54, 1.807) is 7.11 Å². The second-order valence-electron chi connectivity index (χ2n) is 9.19. The molecule has 0 bridgehead atoms. The first-order valence-corrected chi connectivity index (χ1v) is 11.9. The molecular weight excluding hydrogens is 410 g/mol. The Labute approximate surface area is 196 Å². The predicted octanol–water partition coefficient (Wildman–Crippen LogP) is 3.99. The molecule has 2 aromatic carbocycles. The van der Waals surface area contributed by atoms with E-state index in [9.17, 15) is 0 Å². The number of aromatic nitrogens is 2. The number of ether oxygens (including phenoxy) is 1. The van der Waals surface area contributed by atoms with E-state index in [0.717, 1.165) is 63.9 Å². The molecule has 1 saturated heterocycles. The molecule has 3 aromatic rings. The third-order valence-electron chi connectivity index (χ3n) is 6.98. The maximum atomic E-state index is 5.28. The molecule has 0 N–H and O–H groups in total. The van der Waals surface area contributed by atoms with E-state index in [2.05, 4.69) is 65.1 Å². The van der Waals surface area contributed by atoms with Gasteiger partial charge in [-0.15, -0.1) is 0 Å². The van der Waals surface area contributed by atoms with E-state index in [1.165, 1.54) is 33.6 Å². The normalized spacial score (nSPS) is 16.6. The zero-order chi connectivity index (χ0) is 22.8. The number of anilines is 2. The summed E-state index contributed by atoms with van der Waals surface area (Å²) in [6, 6.07) is 15.1.